The average molecular weight is 249 g/mol. The van der Waals surface area contributed by atoms with E-state index in [9.17, 15) is 9.90 Å². The monoisotopic (exact) mass is 249 g/mol. The van der Waals surface area contributed by atoms with Crippen LogP contribution in [-0.4, -0.2) is 17.1 Å². The summed E-state index contributed by atoms with van der Waals surface area (Å²) in [5, 5.41) is 12.4. The van der Waals surface area contributed by atoms with Gasteiger partial charge < -0.3 is 10.4 Å². The predicted octanol–water partition coefficient (Wildman–Crippen LogP) is 2.88. The largest absolute Gasteiger partial charge is 0.508 e. The van der Waals surface area contributed by atoms with E-state index >= 15 is 0 Å². The van der Waals surface area contributed by atoms with Gasteiger partial charge in [0.2, 0.25) is 5.91 Å². The normalized spacial score (nSPS) is 12.4. The van der Waals surface area contributed by atoms with E-state index in [0.29, 0.717) is 12.3 Å². The third-order valence-corrected chi connectivity index (χ3v) is 3.42. The van der Waals surface area contributed by atoms with Gasteiger partial charge in [-0.15, -0.1) is 0 Å². The molecule has 0 saturated heterocycles. The summed E-state index contributed by atoms with van der Waals surface area (Å²) < 4.78 is 0. The van der Waals surface area contributed by atoms with E-state index in [4.69, 9.17) is 0 Å². The number of aromatic hydroxyl groups is 1. The lowest BCUT2D eigenvalue weighted by Gasteiger charge is -2.22. The van der Waals surface area contributed by atoms with Gasteiger partial charge in [0.15, 0.2) is 0 Å². The highest BCUT2D eigenvalue weighted by atomic mass is 16.3. The molecule has 1 atom stereocenters. The molecule has 0 aliphatic rings. The fourth-order valence-corrected chi connectivity index (χ4v) is 2.27. The Balaban J connectivity index is 2.51. The van der Waals surface area contributed by atoms with E-state index in [0.717, 1.165) is 18.4 Å². The quantitative estimate of drug-likeness (QED) is 0.814. The Morgan fingerprint density at radius 1 is 1.33 bits per heavy atom. The van der Waals surface area contributed by atoms with Gasteiger partial charge in [0, 0.05) is 6.04 Å². The summed E-state index contributed by atoms with van der Waals surface area (Å²) in [7, 11) is 0. The zero-order valence-electron chi connectivity index (χ0n) is 11.4. The number of nitrogens with one attached hydrogen (secondary N) is 1. The van der Waals surface area contributed by atoms with Crippen LogP contribution in [0.2, 0.25) is 0 Å². The first-order chi connectivity index (χ1) is 8.56. The van der Waals surface area contributed by atoms with Crippen LogP contribution < -0.4 is 5.32 Å². The number of amides is 1. The van der Waals surface area contributed by atoms with Crippen molar-refractivity contribution in [1.82, 2.24) is 5.32 Å². The maximum Gasteiger partial charge on any atom is 0.224 e. The van der Waals surface area contributed by atoms with Crippen LogP contribution in [0.4, 0.5) is 0 Å². The fraction of sp³-hybridized carbons (Fsp3) is 0.533. The van der Waals surface area contributed by atoms with Crippen molar-refractivity contribution < 1.29 is 9.90 Å². The molecule has 18 heavy (non-hydrogen) atoms. The number of phenols is 1. The molecule has 2 N–H and O–H groups in total. The second kappa shape index (κ2) is 7.04. The van der Waals surface area contributed by atoms with E-state index in [-0.39, 0.29) is 17.7 Å². The Hall–Kier alpha value is -1.51. The molecular formula is C15H23NO2. The maximum absolute atomic E-state index is 11.9. The molecule has 3 heteroatoms. The third-order valence-electron chi connectivity index (χ3n) is 3.42. The number of carbonyl (C=O) groups is 1. The lowest BCUT2D eigenvalue weighted by molar-refractivity contribution is -0.121. The second-order valence-electron chi connectivity index (χ2n) is 4.78. The van der Waals surface area contributed by atoms with Crippen LogP contribution in [0.3, 0.4) is 0 Å². The summed E-state index contributed by atoms with van der Waals surface area (Å²) in [4.78, 5) is 11.9. The molecule has 0 aliphatic heterocycles. The molecule has 1 rings (SSSR count). The molecule has 1 aromatic carbocycles. The summed E-state index contributed by atoms with van der Waals surface area (Å²) >= 11 is 0. The molecule has 0 bridgehead atoms. The first-order valence-electron chi connectivity index (χ1n) is 6.64. The van der Waals surface area contributed by atoms with Crippen LogP contribution in [-0.2, 0) is 11.2 Å². The Labute approximate surface area is 109 Å². The SMILES string of the molecule is CCC(CC)C(C)NC(=O)Cc1cccc(O)c1. The Kier molecular flexibility index (Phi) is 5.69. The number of hydrogen-bond donors (Lipinski definition) is 2. The molecule has 1 amide bonds. The van der Waals surface area contributed by atoms with Crippen molar-refractivity contribution in [3.8, 4) is 5.75 Å². The van der Waals surface area contributed by atoms with Gasteiger partial charge in [-0.05, 0) is 30.5 Å². The number of phenolic OH excluding ortho intramolecular Hbond substituents is 1. The van der Waals surface area contributed by atoms with Gasteiger partial charge >= 0.3 is 0 Å². The summed E-state index contributed by atoms with van der Waals surface area (Å²) in [6.07, 6.45) is 2.47. The third kappa shape index (κ3) is 4.40. The average Bonchev–Trinajstić information content (AvgIpc) is 2.30. The lowest BCUT2D eigenvalue weighted by Crippen LogP contribution is -2.38. The zero-order valence-corrected chi connectivity index (χ0v) is 11.4. The van der Waals surface area contributed by atoms with Gasteiger partial charge in [0.25, 0.3) is 0 Å². The van der Waals surface area contributed by atoms with Crippen LogP contribution in [0.15, 0.2) is 24.3 Å². The van der Waals surface area contributed by atoms with Crippen molar-refractivity contribution in [2.24, 2.45) is 5.92 Å². The van der Waals surface area contributed by atoms with Crippen molar-refractivity contribution in [1.29, 1.82) is 0 Å². The topological polar surface area (TPSA) is 49.3 Å². The second-order valence-corrected chi connectivity index (χ2v) is 4.78. The number of benzene rings is 1. The number of carbonyl (C=O) groups excluding carboxylic acids is 1. The highest BCUT2D eigenvalue weighted by Gasteiger charge is 2.15. The summed E-state index contributed by atoms with van der Waals surface area (Å²) in [5.41, 5.74) is 0.837. The van der Waals surface area contributed by atoms with Crippen molar-refractivity contribution in [2.75, 3.05) is 0 Å². The summed E-state index contributed by atoms with van der Waals surface area (Å²) in [6, 6.07) is 7.03. The Morgan fingerprint density at radius 2 is 2.00 bits per heavy atom. The molecule has 100 valence electrons. The van der Waals surface area contributed by atoms with Crippen LogP contribution in [0.1, 0.15) is 39.2 Å². The fourth-order valence-electron chi connectivity index (χ4n) is 2.27. The van der Waals surface area contributed by atoms with E-state index in [2.05, 4.69) is 26.1 Å². The van der Waals surface area contributed by atoms with Gasteiger partial charge in [-0.2, -0.15) is 0 Å². The summed E-state index contributed by atoms with van der Waals surface area (Å²) in [5.74, 6) is 0.742. The first kappa shape index (κ1) is 14.6. The van der Waals surface area contributed by atoms with E-state index in [1.54, 1.807) is 18.2 Å². The Bertz CT molecular complexity index is 386. The van der Waals surface area contributed by atoms with Gasteiger partial charge in [-0.25, -0.2) is 0 Å². The van der Waals surface area contributed by atoms with Crippen molar-refractivity contribution in [3.63, 3.8) is 0 Å². The van der Waals surface area contributed by atoms with Crippen LogP contribution in [0.5, 0.6) is 5.75 Å². The molecule has 0 fully saturated rings. The zero-order chi connectivity index (χ0) is 13.5. The van der Waals surface area contributed by atoms with E-state index in [1.165, 1.54) is 0 Å². The molecule has 0 aliphatic carbocycles. The van der Waals surface area contributed by atoms with Gasteiger partial charge in [0.1, 0.15) is 5.75 Å². The van der Waals surface area contributed by atoms with Gasteiger partial charge in [-0.1, -0.05) is 38.8 Å². The van der Waals surface area contributed by atoms with Crippen molar-refractivity contribution >= 4 is 5.91 Å². The molecule has 0 aromatic heterocycles. The molecule has 0 saturated carbocycles. The highest BCUT2D eigenvalue weighted by Crippen LogP contribution is 2.14. The first-order valence-corrected chi connectivity index (χ1v) is 6.64. The van der Waals surface area contributed by atoms with E-state index < -0.39 is 0 Å². The predicted molar refractivity (Wildman–Crippen MR) is 73.5 cm³/mol. The summed E-state index contributed by atoms with van der Waals surface area (Å²) in [6.45, 7) is 6.34. The van der Waals surface area contributed by atoms with Crippen LogP contribution >= 0.6 is 0 Å². The molecule has 0 radical (unpaired) electrons. The minimum absolute atomic E-state index is 0.0139. The molecular weight excluding hydrogens is 226 g/mol. The minimum atomic E-state index is 0.0139. The molecule has 0 heterocycles. The number of rotatable bonds is 6. The van der Waals surface area contributed by atoms with Gasteiger partial charge in [0.05, 0.1) is 6.42 Å². The molecule has 3 nitrogen and oxygen atoms in total. The standard InChI is InChI=1S/C15H23NO2/c1-4-13(5-2)11(3)16-15(18)10-12-7-6-8-14(17)9-12/h6-9,11,13,17H,4-5,10H2,1-3H3,(H,16,18). The van der Waals surface area contributed by atoms with Gasteiger partial charge in [-0.3, -0.25) is 4.79 Å². The maximum atomic E-state index is 11.9. The minimum Gasteiger partial charge on any atom is -0.508 e. The Morgan fingerprint density at radius 3 is 2.56 bits per heavy atom. The molecule has 0 spiro atoms. The number of hydrogen-bond acceptors (Lipinski definition) is 2. The molecule has 1 aromatic rings. The molecule has 1 unspecified atom stereocenters. The van der Waals surface area contributed by atoms with Crippen LogP contribution in [0, 0.1) is 5.92 Å². The smallest absolute Gasteiger partial charge is 0.224 e. The van der Waals surface area contributed by atoms with Crippen molar-refractivity contribution in [2.45, 2.75) is 46.1 Å². The lowest BCUT2D eigenvalue weighted by atomic mass is 9.95. The highest BCUT2D eigenvalue weighted by molar-refractivity contribution is 5.78. The van der Waals surface area contributed by atoms with Crippen molar-refractivity contribution in [3.05, 3.63) is 29.8 Å². The van der Waals surface area contributed by atoms with Crippen LogP contribution in [0.25, 0.3) is 0 Å². The van der Waals surface area contributed by atoms with E-state index in [1.807, 2.05) is 6.07 Å².